The molecule has 11 atom stereocenters. The van der Waals surface area contributed by atoms with Crippen LogP contribution in [0.1, 0.15) is 86.0 Å². The van der Waals surface area contributed by atoms with Crippen LogP contribution in [0.15, 0.2) is 47.6 Å². The Bertz CT molecular complexity index is 1040. The molecule has 3 aliphatic carbocycles. The number of aliphatic hydroxyl groups is 3. The van der Waals surface area contributed by atoms with E-state index in [1.54, 1.807) is 0 Å². The number of aliphatic hydroxyl groups excluding tert-OH is 3. The molecule has 0 spiro atoms. The average Bonchev–Trinajstić information content (AvgIpc) is 3.29. The number of rotatable bonds is 8. The maximum atomic E-state index is 11.5. The SMILES string of the molecule is C=C1CC[C@H](O[C@@H]2O[C@H](C(=O)O)[C@@H](O)[C@H](O)[C@H]2O)C/C1=C/C=C1\CCC[C@]2(C)[C@@H]([C@H](C)/C=C/[C@@H](C)C(C)C)CC[C@@H]12. The molecule has 230 valence electrons. The molecule has 4 fully saturated rings. The molecular weight excluding hydrogens is 520 g/mol. The highest BCUT2D eigenvalue weighted by molar-refractivity contribution is 5.73. The number of carbonyl (C=O) groups is 1. The Hall–Kier alpha value is -1.77. The predicted molar refractivity (Wildman–Crippen MR) is 159 cm³/mol. The molecular formula is C34H52O7. The van der Waals surface area contributed by atoms with Crippen molar-refractivity contribution in [1.82, 2.24) is 0 Å². The lowest BCUT2D eigenvalue weighted by molar-refractivity contribution is -0.304. The lowest BCUT2D eigenvalue weighted by Crippen LogP contribution is -2.60. The van der Waals surface area contributed by atoms with Crippen LogP contribution < -0.4 is 0 Å². The Morgan fingerprint density at radius 1 is 1.02 bits per heavy atom. The van der Waals surface area contributed by atoms with Crippen LogP contribution in [0.25, 0.3) is 0 Å². The van der Waals surface area contributed by atoms with Gasteiger partial charge < -0.3 is 29.9 Å². The highest BCUT2D eigenvalue weighted by atomic mass is 16.7. The number of fused-ring (bicyclic) bond motifs is 1. The summed E-state index contributed by atoms with van der Waals surface area (Å²) < 4.78 is 11.3. The summed E-state index contributed by atoms with van der Waals surface area (Å²) >= 11 is 0. The van der Waals surface area contributed by atoms with Crippen molar-refractivity contribution >= 4 is 5.97 Å². The Morgan fingerprint density at radius 2 is 1.76 bits per heavy atom. The number of hydrogen-bond acceptors (Lipinski definition) is 6. The van der Waals surface area contributed by atoms with Crippen molar-refractivity contribution < 1.29 is 34.7 Å². The predicted octanol–water partition coefficient (Wildman–Crippen LogP) is 5.56. The van der Waals surface area contributed by atoms with Crippen LogP contribution in [0.3, 0.4) is 0 Å². The van der Waals surface area contributed by atoms with Crippen LogP contribution in [-0.2, 0) is 14.3 Å². The van der Waals surface area contributed by atoms with Crippen molar-refractivity contribution in [2.24, 2.45) is 35.0 Å². The first-order valence-corrected chi connectivity index (χ1v) is 15.7. The Balaban J connectivity index is 1.44. The monoisotopic (exact) mass is 572 g/mol. The highest BCUT2D eigenvalue weighted by Crippen LogP contribution is 2.59. The topological polar surface area (TPSA) is 116 Å². The molecule has 4 N–H and O–H groups in total. The minimum Gasteiger partial charge on any atom is -0.479 e. The summed E-state index contributed by atoms with van der Waals surface area (Å²) in [5.74, 6) is 1.68. The van der Waals surface area contributed by atoms with Crippen molar-refractivity contribution in [3.05, 3.63) is 47.6 Å². The van der Waals surface area contributed by atoms with Crippen molar-refractivity contribution in [2.45, 2.75) is 123 Å². The van der Waals surface area contributed by atoms with Crippen molar-refractivity contribution in [1.29, 1.82) is 0 Å². The number of aliphatic carboxylic acids is 1. The van der Waals surface area contributed by atoms with Gasteiger partial charge in [-0.05, 0) is 91.9 Å². The summed E-state index contributed by atoms with van der Waals surface area (Å²) in [5.41, 5.74) is 3.99. The molecule has 0 amide bonds. The van der Waals surface area contributed by atoms with Crippen LogP contribution in [0, 0.1) is 35.0 Å². The van der Waals surface area contributed by atoms with Gasteiger partial charge in [0, 0.05) is 0 Å². The third-order valence-electron chi connectivity index (χ3n) is 10.8. The largest absolute Gasteiger partial charge is 0.479 e. The first-order chi connectivity index (χ1) is 19.3. The van der Waals surface area contributed by atoms with Crippen molar-refractivity contribution in [3.63, 3.8) is 0 Å². The maximum Gasteiger partial charge on any atom is 0.335 e. The number of ether oxygens (including phenoxy) is 2. The van der Waals surface area contributed by atoms with Gasteiger partial charge in [-0.15, -0.1) is 0 Å². The smallest absolute Gasteiger partial charge is 0.335 e. The third-order valence-corrected chi connectivity index (χ3v) is 10.8. The van der Waals surface area contributed by atoms with Gasteiger partial charge >= 0.3 is 5.97 Å². The summed E-state index contributed by atoms with van der Waals surface area (Å²) in [6, 6.07) is 0. The number of carboxylic acid groups (broad SMARTS) is 1. The summed E-state index contributed by atoms with van der Waals surface area (Å²) in [5, 5.41) is 39.8. The Morgan fingerprint density at radius 3 is 2.44 bits per heavy atom. The van der Waals surface area contributed by atoms with Gasteiger partial charge in [0.15, 0.2) is 12.4 Å². The fraction of sp³-hybridized carbons (Fsp3) is 0.735. The fourth-order valence-corrected chi connectivity index (χ4v) is 7.70. The number of allylic oxidation sites excluding steroid dienone is 6. The number of carboxylic acids is 1. The molecule has 1 heterocycles. The zero-order chi connectivity index (χ0) is 30.1. The van der Waals surface area contributed by atoms with E-state index in [2.05, 4.69) is 65.5 Å². The minimum atomic E-state index is -1.73. The Kier molecular flexibility index (Phi) is 10.4. The van der Waals surface area contributed by atoms with E-state index in [0.29, 0.717) is 47.8 Å². The second-order valence-corrected chi connectivity index (χ2v) is 13.7. The maximum absolute atomic E-state index is 11.5. The van der Waals surface area contributed by atoms with Gasteiger partial charge in [0.25, 0.3) is 0 Å². The second-order valence-electron chi connectivity index (χ2n) is 13.7. The quantitative estimate of drug-likeness (QED) is 0.282. The van der Waals surface area contributed by atoms with Crippen LogP contribution in [0.2, 0.25) is 0 Å². The average molecular weight is 573 g/mol. The van der Waals surface area contributed by atoms with Crippen LogP contribution in [-0.4, -0.2) is 63.2 Å². The summed E-state index contributed by atoms with van der Waals surface area (Å²) in [7, 11) is 0. The minimum absolute atomic E-state index is 0.309. The molecule has 0 aromatic carbocycles. The summed E-state index contributed by atoms with van der Waals surface area (Å²) in [4.78, 5) is 11.5. The Labute approximate surface area is 246 Å². The van der Waals surface area contributed by atoms with Gasteiger partial charge in [-0.2, -0.15) is 0 Å². The fourth-order valence-electron chi connectivity index (χ4n) is 7.70. The molecule has 0 bridgehead atoms. The zero-order valence-electron chi connectivity index (χ0n) is 25.5. The van der Waals surface area contributed by atoms with Crippen LogP contribution >= 0.6 is 0 Å². The van der Waals surface area contributed by atoms with E-state index in [1.807, 2.05) is 0 Å². The summed E-state index contributed by atoms with van der Waals surface area (Å²) in [6.45, 7) is 16.1. The normalized spacial score (nSPS) is 41.7. The van der Waals surface area contributed by atoms with Gasteiger partial charge in [0.05, 0.1) is 6.10 Å². The van der Waals surface area contributed by atoms with Crippen molar-refractivity contribution in [3.8, 4) is 0 Å². The first-order valence-electron chi connectivity index (χ1n) is 15.7. The van der Waals surface area contributed by atoms with E-state index < -0.39 is 36.7 Å². The van der Waals surface area contributed by atoms with E-state index in [1.165, 1.54) is 31.3 Å². The van der Waals surface area contributed by atoms with Gasteiger partial charge in [-0.1, -0.05) is 76.6 Å². The molecule has 41 heavy (non-hydrogen) atoms. The van der Waals surface area contributed by atoms with E-state index in [4.69, 9.17) is 9.47 Å². The second kappa shape index (κ2) is 13.3. The molecule has 7 nitrogen and oxygen atoms in total. The number of hydrogen-bond donors (Lipinski definition) is 4. The molecule has 1 aliphatic heterocycles. The standard InChI is InChI=1S/C34H52O7/c1-19(2)20(3)9-10-22(5)26-15-16-27-23(8-7-17-34(26,27)6)12-13-24-18-25(14-11-21(24)4)40-33-30(37)28(35)29(36)31(41-33)32(38)39/h9-10,12-13,19-20,22,25-31,33,35-37H,4,7-8,11,14-18H2,1-3,5-6H3,(H,38,39)/b10-9+,23-12+,24-13-/t20-,22-,25+,26-,27+,28+,29+,30-,31+,33-,34-/m1/s1. The third kappa shape index (κ3) is 6.91. The summed E-state index contributed by atoms with van der Waals surface area (Å²) in [6.07, 6.45) is 9.19. The van der Waals surface area contributed by atoms with E-state index in [-0.39, 0.29) is 6.10 Å². The molecule has 1 saturated heterocycles. The van der Waals surface area contributed by atoms with Crippen LogP contribution in [0.5, 0.6) is 0 Å². The molecule has 3 saturated carbocycles. The molecule has 0 radical (unpaired) electrons. The molecule has 0 aromatic heterocycles. The highest BCUT2D eigenvalue weighted by Gasteiger charge is 2.50. The lowest BCUT2D eigenvalue weighted by atomic mass is 9.61. The first kappa shape index (κ1) is 32.2. The molecule has 0 aromatic rings. The molecule has 4 aliphatic rings. The van der Waals surface area contributed by atoms with E-state index >= 15 is 0 Å². The van der Waals surface area contributed by atoms with Gasteiger partial charge in [0.2, 0.25) is 0 Å². The zero-order valence-corrected chi connectivity index (χ0v) is 25.5. The van der Waals surface area contributed by atoms with Gasteiger partial charge in [-0.25, -0.2) is 4.79 Å². The molecule has 4 rings (SSSR count). The van der Waals surface area contributed by atoms with E-state index in [0.717, 1.165) is 24.0 Å². The van der Waals surface area contributed by atoms with Crippen LogP contribution in [0.4, 0.5) is 0 Å². The lowest BCUT2D eigenvalue weighted by Gasteiger charge is -2.44. The van der Waals surface area contributed by atoms with E-state index in [9.17, 15) is 25.2 Å². The van der Waals surface area contributed by atoms with Gasteiger partial charge in [0.1, 0.15) is 18.3 Å². The van der Waals surface area contributed by atoms with Gasteiger partial charge in [-0.3, -0.25) is 0 Å². The molecule has 7 heteroatoms. The van der Waals surface area contributed by atoms with Crippen molar-refractivity contribution in [2.75, 3.05) is 0 Å². The molecule has 0 unspecified atom stereocenters.